The van der Waals surface area contributed by atoms with Gasteiger partial charge in [0.15, 0.2) is 13.9 Å². The molecule has 250 valence electrons. The van der Waals surface area contributed by atoms with Crippen molar-refractivity contribution in [3.8, 4) is 0 Å². The molecule has 1 spiro atoms. The highest BCUT2D eigenvalue weighted by Crippen LogP contribution is 2.60. The van der Waals surface area contributed by atoms with Gasteiger partial charge in [-0.15, -0.1) is 5.10 Å². The number of carbonyl (C=O) groups excluding carboxylic acids is 2. The van der Waals surface area contributed by atoms with Gasteiger partial charge in [0, 0.05) is 59.9 Å². The zero-order valence-corrected chi connectivity index (χ0v) is 29.1. The normalized spacial score (nSPS) is 23.7. The fraction of sp³-hybridized carbons (Fsp3) is 0.389. The quantitative estimate of drug-likeness (QED) is 0.223. The van der Waals surface area contributed by atoms with Crippen molar-refractivity contribution in [2.75, 3.05) is 16.4 Å². The summed E-state index contributed by atoms with van der Waals surface area (Å²) in [6.07, 6.45) is 3.49. The molecule has 2 N–H and O–H groups in total. The van der Waals surface area contributed by atoms with E-state index in [-0.39, 0.29) is 36.4 Å². The molecule has 48 heavy (non-hydrogen) atoms. The second kappa shape index (κ2) is 12.5. The van der Waals surface area contributed by atoms with E-state index in [0.29, 0.717) is 48.5 Å². The van der Waals surface area contributed by atoms with Crippen LogP contribution in [0.2, 0.25) is 23.7 Å². The number of aliphatic hydroxyl groups is 1. The average molecular weight is 686 g/mol. The lowest BCUT2D eigenvalue weighted by Gasteiger charge is -2.32. The summed E-state index contributed by atoms with van der Waals surface area (Å²) in [7, 11) is -2.86. The number of fused-ring (bicyclic) bond motifs is 3. The van der Waals surface area contributed by atoms with Crippen LogP contribution in [0, 0.1) is 5.92 Å². The molecular formula is C36H40ClN5O5Si. The van der Waals surface area contributed by atoms with Gasteiger partial charge in [0.25, 0.3) is 5.91 Å². The zero-order chi connectivity index (χ0) is 33.8. The molecule has 0 radical (unpaired) electrons. The second-order valence-electron chi connectivity index (χ2n) is 13.7. The van der Waals surface area contributed by atoms with E-state index < -0.39 is 20.0 Å². The molecule has 3 aromatic carbocycles. The standard InChI is InChI=1S/C36H40ClN5O5Si/c1-23-34(48(2,3)46)32(15-17-40-22-27(16-18-43)38-39-40)47-36(23)29-20-26(37)12-13-31(29)41(35(36)45)21-24-7-6-9-28(19-24)42-30-10-5-4-8-25(30)11-14-33(42)44/h4-10,12-13,19-20,22-23,32,34,43,46H,11,14-18,21H2,1-3H3/t23-,32+,34-,36+/m1/s1. The Labute approximate surface area is 286 Å². The number of hydrogen-bond acceptors (Lipinski definition) is 7. The Kier molecular flexibility index (Phi) is 8.53. The molecule has 4 heterocycles. The number of amides is 2. The Morgan fingerprint density at radius 2 is 1.85 bits per heavy atom. The Hall–Kier alpha value is -3.87. The van der Waals surface area contributed by atoms with E-state index in [0.717, 1.165) is 28.2 Å². The molecule has 4 atom stereocenters. The van der Waals surface area contributed by atoms with Gasteiger partial charge in [-0.25, -0.2) is 0 Å². The monoisotopic (exact) mass is 685 g/mol. The van der Waals surface area contributed by atoms with E-state index in [1.807, 2.05) is 80.8 Å². The molecule has 4 aromatic rings. The minimum absolute atomic E-state index is 0.00789. The van der Waals surface area contributed by atoms with Crippen LogP contribution in [-0.2, 0) is 45.9 Å². The van der Waals surface area contributed by atoms with Gasteiger partial charge in [0.2, 0.25) is 5.91 Å². The largest absolute Gasteiger partial charge is 0.432 e. The third-order valence-electron chi connectivity index (χ3n) is 10.1. The summed E-state index contributed by atoms with van der Waals surface area (Å²) in [5.74, 6) is -0.481. The number of ether oxygens (including phenoxy) is 1. The molecule has 2 amide bonds. The fourth-order valence-corrected chi connectivity index (χ4v) is 10.9. The maximum atomic E-state index is 14.9. The van der Waals surface area contributed by atoms with E-state index >= 15 is 0 Å². The molecular weight excluding hydrogens is 646 g/mol. The van der Waals surface area contributed by atoms with E-state index in [2.05, 4.69) is 16.4 Å². The summed E-state index contributed by atoms with van der Waals surface area (Å²) < 4.78 is 8.66. The predicted octanol–water partition coefficient (Wildman–Crippen LogP) is 5.51. The smallest absolute Gasteiger partial charge is 0.264 e. The lowest BCUT2D eigenvalue weighted by atomic mass is 9.82. The highest BCUT2D eigenvalue weighted by atomic mass is 35.5. The number of halogens is 1. The number of aromatic nitrogens is 3. The number of nitrogens with zero attached hydrogens (tertiary/aromatic N) is 5. The highest BCUT2D eigenvalue weighted by molar-refractivity contribution is 6.71. The van der Waals surface area contributed by atoms with Gasteiger partial charge >= 0.3 is 0 Å². The maximum Gasteiger partial charge on any atom is 0.264 e. The fourth-order valence-electron chi connectivity index (χ4n) is 8.10. The van der Waals surface area contributed by atoms with Gasteiger partial charge in [0.05, 0.1) is 29.7 Å². The summed E-state index contributed by atoms with van der Waals surface area (Å²) in [6.45, 7) is 6.56. The summed E-state index contributed by atoms with van der Waals surface area (Å²) in [5, 5.41) is 18.1. The first-order valence-electron chi connectivity index (χ1n) is 16.5. The first-order valence-corrected chi connectivity index (χ1v) is 19.9. The molecule has 0 saturated carbocycles. The molecule has 3 aliphatic heterocycles. The molecule has 0 aliphatic carbocycles. The Morgan fingerprint density at radius 3 is 2.65 bits per heavy atom. The number of carbonyl (C=O) groups is 2. The van der Waals surface area contributed by atoms with E-state index in [4.69, 9.17) is 16.3 Å². The molecule has 0 unspecified atom stereocenters. The van der Waals surface area contributed by atoms with Crippen molar-refractivity contribution in [2.45, 2.75) is 76.0 Å². The number of aliphatic hydroxyl groups excluding tert-OH is 1. The summed E-state index contributed by atoms with van der Waals surface area (Å²) in [6, 6.07) is 21.2. The molecule has 1 fully saturated rings. The number of para-hydroxylation sites is 1. The van der Waals surface area contributed by atoms with Crippen LogP contribution in [0.4, 0.5) is 17.1 Å². The maximum absolute atomic E-state index is 14.9. The third-order valence-corrected chi connectivity index (χ3v) is 12.9. The van der Waals surface area contributed by atoms with E-state index in [9.17, 15) is 19.5 Å². The van der Waals surface area contributed by atoms with Crippen LogP contribution >= 0.6 is 11.6 Å². The van der Waals surface area contributed by atoms with Crippen LogP contribution in [0.1, 0.15) is 42.1 Å². The summed E-state index contributed by atoms with van der Waals surface area (Å²) >= 11 is 6.58. The molecule has 0 bridgehead atoms. The first kappa shape index (κ1) is 32.7. The van der Waals surface area contributed by atoms with E-state index in [1.165, 1.54) is 0 Å². The molecule has 1 aromatic heterocycles. The van der Waals surface area contributed by atoms with Crippen molar-refractivity contribution < 1.29 is 24.2 Å². The Balaban J connectivity index is 1.21. The molecule has 12 heteroatoms. The third kappa shape index (κ3) is 5.57. The van der Waals surface area contributed by atoms with Crippen LogP contribution in [0.25, 0.3) is 0 Å². The van der Waals surface area contributed by atoms with Gasteiger partial charge in [-0.05, 0) is 73.5 Å². The molecule has 1 saturated heterocycles. The van der Waals surface area contributed by atoms with Gasteiger partial charge in [-0.2, -0.15) is 0 Å². The first-order chi connectivity index (χ1) is 23.0. The van der Waals surface area contributed by atoms with Crippen LogP contribution < -0.4 is 9.80 Å². The summed E-state index contributed by atoms with van der Waals surface area (Å²) in [4.78, 5) is 43.2. The van der Waals surface area contributed by atoms with Crippen LogP contribution in [0.5, 0.6) is 0 Å². The zero-order valence-electron chi connectivity index (χ0n) is 27.3. The SMILES string of the molecule is C[C@@H]1[C@@H]([Si](C)(C)O)[C@H](CCn2cc(CCO)nn2)O[C@@]12C(=O)N(Cc1cccc(N3C(=O)CCc4ccccc43)c1)c1ccc(Cl)cc12. The summed E-state index contributed by atoms with van der Waals surface area (Å²) in [5.41, 5.74) is 4.21. The lowest BCUT2D eigenvalue weighted by molar-refractivity contribution is -0.146. The van der Waals surface area contributed by atoms with Crippen molar-refractivity contribution in [1.82, 2.24) is 15.0 Å². The highest BCUT2D eigenvalue weighted by Gasteiger charge is 2.66. The van der Waals surface area contributed by atoms with E-state index in [1.54, 1.807) is 20.5 Å². The Bertz CT molecular complexity index is 1880. The average Bonchev–Trinajstić information content (AvgIpc) is 3.70. The minimum atomic E-state index is -2.86. The number of aryl methyl sites for hydroxylation is 2. The topological polar surface area (TPSA) is 121 Å². The number of hydrogen-bond donors (Lipinski definition) is 2. The molecule has 7 rings (SSSR count). The number of benzene rings is 3. The second-order valence-corrected chi connectivity index (χ2v) is 18.1. The van der Waals surface area contributed by atoms with Gasteiger partial charge in [0.1, 0.15) is 0 Å². The van der Waals surface area contributed by atoms with Gasteiger partial charge < -0.3 is 19.5 Å². The van der Waals surface area contributed by atoms with Crippen molar-refractivity contribution in [3.63, 3.8) is 0 Å². The molecule has 3 aliphatic rings. The Morgan fingerprint density at radius 1 is 1.04 bits per heavy atom. The molecule has 10 nitrogen and oxygen atoms in total. The number of rotatable bonds is 9. The van der Waals surface area contributed by atoms with Crippen molar-refractivity contribution >= 4 is 48.8 Å². The lowest BCUT2D eigenvalue weighted by Crippen LogP contribution is -2.46. The number of anilines is 3. The van der Waals surface area contributed by atoms with Crippen molar-refractivity contribution in [3.05, 3.63) is 100 Å². The predicted molar refractivity (Wildman–Crippen MR) is 186 cm³/mol. The van der Waals surface area contributed by atoms with Gasteiger partial charge in [-0.1, -0.05) is 54.1 Å². The van der Waals surface area contributed by atoms with Gasteiger partial charge in [-0.3, -0.25) is 19.2 Å². The minimum Gasteiger partial charge on any atom is -0.432 e. The van der Waals surface area contributed by atoms with Crippen LogP contribution in [0.15, 0.2) is 72.9 Å². The van der Waals surface area contributed by atoms with Crippen molar-refractivity contribution in [1.29, 1.82) is 0 Å². The van der Waals surface area contributed by atoms with Crippen LogP contribution in [-0.4, -0.2) is 57.7 Å². The van der Waals surface area contributed by atoms with Crippen LogP contribution in [0.3, 0.4) is 0 Å². The van der Waals surface area contributed by atoms with Crippen molar-refractivity contribution in [2.24, 2.45) is 5.92 Å².